The van der Waals surface area contributed by atoms with Gasteiger partial charge in [0.1, 0.15) is 5.75 Å². The van der Waals surface area contributed by atoms with Crippen molar-refractivity contribution in [1.82, 2.24) is 10.6 Å². The Kier molecular flexibility index (Phi) is 8.35. The van der Waals surface area contributed by atoms with Crippen LogP contribution in [0.25, 0.3) is 0 Å². The number of ether oxygens (including phenoxy) is 1. The van der Waals surface area contributed by atoms with Crippen LogP contribution < -0.4 is 15.4 Å². The van der Waals surface area contributed by atoms with Crippen molar-refractivity contribution in [2.45, 2.75) is 56.1 Å². The van der Waals surface area contributed by atoms with Crippen LogP contribution in [0.3, 0.4) is 0 Å². The minimum Gasteiger partial charge on any atom is -0.490 e. The second kappa shape index (κ2) is 11.2. The number of aliphatic imine (C=N–C) groups is 1. The molecule has 3 rings (SSSR count). The maximum absolute atomic E-state index is 11.5. The molecule has 1 fully saturated rings. The Labute approximate surface area is 186 Å². The molecule has 2 aromatic carbocycles. The Balaban J connectivity index is 1.40. The SMILES string of the molecule is CN=C(NCCc1ccc(S(C)(=O)=O)cc1)NCc1ccc(OC2CCCCC2)cc1. The fourth-order valence-corrected chi connectivity index (χ4v) is 4.33. The second-order valence-corrected chi connectivity index (χ2v) is 10.1. The van der Waals surface area contributed by atoms with Gasteiger partial charge in [0, 0.05) is 26.4 Å². The summed E-state index contributed by atoms with van der Waals surface area (Å²) >= 11 is 0. The molecule has 31 heavy (non-hydrogen) atoms. The summed E-state index contributed by atoms with van der Waals surface area (Å²) in [5.41, 5.74) is 2.24. The molecule has 0 amide bonds. The number of rotatable bonds is 8. The zero-order valence-electron chi connectivity index (χ0n) is 18.4. The number of nitrogens with zero attached hydrogens (tertiary/aromatic N) is 1. The highest BCUT2D eigenvalue weighted by Gasteiger charge is 2.14. The number of benzene rings is 2. The predicted molar refractivity (Wildman–Crippen MR) is 125 cm³/mol. The summed E-state index contributed by atoms with van der Waals surface area (Å²) in [5.74, 6) is 1.68. The molecule has 0 radical (unpaired) electrons. The van der Waals surface area contributed by atoms with Gasteiger partial charge in [-0.25, -0.2) is 8.42 Å². The van der Waals surface area contributed by atoms with Crippen molar-refractivity contribution >= 4 is 15.8 Å². The van der Waals surface area contributed by atoms with Gasteiger partial charge in [0.2, 0.25) is 0 Å². The van der Waals surface area contributed by atoms with Gasteiger partial charge in [-0.05, 0) is 67.5 Å². The van der Waals surface area contributed by atoms with Gasteiger partial charge in [-0.1, -0.05) is 30.7 Å². The van der Waals surface area contributed by atoms with Crippen LogP contribution in [0.5, 0.6) is 5.75 Å². The van der Waals surface area contributed by atoms with Crippen LogP contribution in [0.4, 0.5) is 0 Å². The summed E-state index contributed by atoms with van der Waals surface area (Å²) in [7, 11) is -1.41. The van der Waals surface area contributed by atoms with Crippen molar-refractivity contribution in [3.05, 3.63) is 59.7 Å². The molecule has 2 N–H and O–H groups in total. The highest BCUT2D eigenvalue weighted by molar-refractivity contribution is 7.90. The van der Waals surface area contributed by atoms with Gasteiger partial charge in [0.25, 0.3) is 0 Å². The normalized spacial score (nSPS) is 15.5. The van der Waals surface area contributed by atoms with E-state index >= 15 is 0 Å². The van der Waals surface area contributed by atoms with Crippen LogP contribution >= 0.6 is 0 Å². The third-order valence-electron chi connectivity index (χ3n) is 5.52. The summed E-state index contributed by atoms with van der Waals surface area (Å²) in [5, 5.41) is 6.62. The summed E-state index contributed by atoms with van der Waals surface area (Å²) in [4.78, 5) is 4.61. The molecule has 168 valence electrons. The van der Waals surface area contributed by atoms with E-state index in [-0.39, 0.29) is 0 Å². The highest BCUT2D eigenvalue weighted by atomic mass is 32.2. The van der Waals surface area contributed by atoms with E-state index in [2.05, 4.69) is 27.8 Å². The number of guanidine groups is 1. The third kappa shape index (κ3) is 7.58. The number of hydrogen-bond acceptors (Lipinski definition) is 4. The Morgan fingerprint density at radius 1 is 0.968 bits per heavy atom. The van der Waals surface area contributed by atoms with Crippen molar-refractivity contribution in [3.8, 4) is 5.75 Å². The molecule has 6 nitrogen and oxygen atoms in total. The average Bonchev–Trinajstić information content (AvgIpc) is 2.77. The fourth-order valence-electron chi connectivity index (χ4n) is 3.70. The lowest BCUT2D eigenvalue weighted by Gasteiger charge is -2.23. The standard InChI is InChI=1S/C24H33N3O3S/c1-25-24(26-17-16-19-10-14-23(15-11-19)31(2,28)29)27-18-20-8-12-22(13-9-20)30-21-6-4-3-5-7-21/h8-15,21H,3-7,16-18H2,1-2H3,(H2,25,26,27). The second-order valence-electron chi connectivity index (χ2n) is 8.04. The van der Waals surface area contributed by atoms with Gasteiger partial charge < -0.3 is 15.4 Å². The van der Waals surface area contributed by atoms with Gasteiger partial charge in [-0.2, -0.15) is 0 Å². The maximum Gasteiger partial charge on any atom is 0.191 e. The molecule has 2 aromatic rings. The first-order valence-corrected chi connectivity index (χ1v) is 12.8. The molecule has 0 bridgehead atoms. The monoisotopic (exact) mass is 443 g/mol. The molecular formula is C24H33N3O3S. The first-order valence-electron chi connectivity index (χ1n) is 10.9. The van der Waals surface area contributed by atoms with Crippen LogP contribution in [0.15, 0.2) is 58.4 Å². The van der Waals surface area contributed by atoms with E-state index in [9.17, 15) is 8.42 Å². The Morgan fingerprint density at radius 2 is 1.61 bits per heavy atom. The quantitative estimate of drug-likeness (QED) is 0.480. The molecule has 0 unspecified atom stereocenters. The molecule has 1 saturated carbocycles. The summed E-state index contributed by atoms with van der Waals surface area (Å²) in [6.07, 6.45) is 8.54. The highest BCUT2D eigenvalue weighted by Crippen LogP contribution is 2.23. The number of hydrogen-bond donors (Lipinski definition) is 2. The first kappa shape index (κ1) is 23.1. The third-order valence-corrected chi connectivity index (χ3v) is 6.65. The van der Waals surface area contributed by atoms with E-state index in [1.807, 2.05) is 24.3 Å². The van der Waals surface area contributed by atoms with Crippen molar-refractivity contribution in [2.24, 2.45) is 4.99 Å². The Hall–Kier alpha value is -2.54. The van der Waals surface area contributed by atoms with Crippen molar-refractivity contribution in [2.75, 3.05) is 19.8 Å². The van der Waals surface area contributed by atoms with Gasteiger partial charge in [-0.3, -0.25) is 4.99 Å². The predicted octanol–water partition coefficient (Wildman–Crippen LogP) is 3.71. The smallest absolute Gasteiger partial charge is 0.191 e. The molecule has 0 aliphatic heterocycles. The lowest BCUT2D eigenvalue weighted by Crippen LogP contribution is -2.37. The van der Waals surface area contributed by atoms with E-state index < -0.39 is 9.84 Å². The molecule has 1 aliphatic carbocycles. The molecule has 7 heteroatoms. The van der Waals surface area contributed by atoms with Crippen molar-refractivity contribution < 1.29 is 13.2 Å². The Morgan fingerprint density at radius 3 is 2.23 bits per heavy atom. The topological polar surface area (TPSA) is 79.8 Å². The van der Waals surface area contributed by atoms with E-state index in [4.69, 9.17) is 4.74 Å². The van der Waals surface area contributed by atoms with Crippen molar-refractivity contribution in [1.29, 1.82) is 0 Å². The van der Waals surface area contributed by atoms with E-state index in [1.165, 1.54) is 25.5 Å². The Bertz CT molecular complexity index is 949. The molecule has 0 atom stereocenters. The van der Waals surface area contributed by atoms with Crippen LogP contribution in [0, 0.1) is 0 Å². The molecule has 0 spiro atoms. The minimum atomic E-state index is -3.15. The molecule has 0 aromatic heterocycles. The molecule has 0 saturated heterocycles. The van der Waals surface area contributed by atoms with Gasteiger partial charge in [0.05, 0.1) is 11.0 Å². The van der Waals surface area contributed by atoms with Crippen LogP contribution in [0.2, 0.25) is 0 Å². The fraction of sp³-hybridized carbons (Fsp3) is 0.458. The van der Waals surface area contributed by atoms with Gasteiger partial charge in [-0.15, -0.1) is 0 Å². The van der Waals surface area contributed by atoms with Crippen LogP contribution in [0.1, 0.15) is 43.2 Å². The van der Waals surface area contributed by atoms with Crippen LogP contribution in [-0.4, -0.2) is 40.3 Å². The lowest BCUT2D eigenvalue weighted by atomic mass is 9.98. The number of sulfone groups is 1. The molecule has 0 heterocycles. The van der Waals surface area contributed by atoms with E-state index in [0.717, 1.165) is 42.1 Å². The van der Waals surface area contributed by atoms with E-state index in [0.29, 0.717) is 24.1 Å². The first-order chi connectivity index (χ1) is 14.9. The van der Waals surface area contributed by atoms with Crippen LogP contribution in [-0.2, 0) is 22.8 Å². The summed E-state index contributed by atoms with van der Waals surface area (Å²) in [6, 6.07) is 15.3. The van der Waals surface area contributed by atoms with Crippen molar-refractivity contribution in [3.63, 3.8) is 0 Å². The minimum absolute atomic E-state index is 0.344. The molecule has 1 aliphatic rings. The maximum atomic E-state index is 11.5. The lowest BCUT2D eigenvalue weighted by molar-refractivity contribution is 0.155. The average molecular weight is 444 g/mol. The van der Waals surface area contributed by atoms with E-state index in [1.54, 1.807) is 19.2 Å². The molecular weight excluding hydrogens is 410 g/mol. The summed E-state index contributed by atoms with van der Waals surface area (Å²) < 4.78 is 29.2. The van der Waals surface area contributed by atoms with Gasteiger partial charge >= 0.3 is 0 Å². The zero-order chi connectivity index (χ0) is 22.1. The van der Waals surface area contributed by atoms with Gasteiger partial charge in [0.15, 0.2) is 15.8 Å². The largest absolute Gasteiger partial charge is 0.490 e. The summed E-state index contributed by atoms with van der Waals surface area (Å²) in [6.45, 7) is 1.37. The zero-order valence-corrected chi connectivity index (χ0v) is 19.2. The number of nitrogens with one attached hydrogen (secondary N) is 2.